The van der Waals surface area contributed by atoms with Crippen LogP contribution in [0.2, 0.25) is 0 Å². The van der Waals surface area contributed by atoms with Crippen LogP contribution in [0.15, 0.2) is 12.2 Å². The van der Waals surface area contributed by atoms with E-state index in [4.69, 9.17) is 0 Å². The Balaban J connectivity index is 2.08. The van der Waals surface area contributed by atoms with Crippen molar-refractivity contribution in [2.75, 3.05) is 0 Å². The number of carbonyl (C=O) groups is 1. The molecule has 2 atom stereocenters. The quantitative estimate of drug-likeness (QED) is 0.396. The summed E-state index contributed by atoms with van der Waals surface area (Å²) in [5, 5.41) is 0. The van der Waals surface area contributed by atoms with E-state index < -0.39 is 0 Å². The van der Waals surface area contributed by atoms with E-state index >= 15 is 0 Å². The zero-order valence-corrected chi connectivity index (χ0v) is 10.3. The van der Waals surface area contributed by atoms with Gasteiger partial charge in [-0.3, -0.25) is 4.79 Å². The van der Waals surface area contributed by atoms with E-state index in [1.165, 1.54) is 38.5 Å². The third-order valence-corrected chi connectivity index (χ3v) is 4.26. The number of carbonyl (C=O) groups excluding carboxylic acids is 1. The minimum Gasteiger partial charge on any atom is -0.333 e. The van der Waals surface area contributed by atoms with Crippen molar-refractivity contribution in [3.8, 4) is 0 Å². The van der Waals surface area contributed by atoms with E-state index in [1.807, 2.05) is 0 Å². The predicted molar refractivity (Wildman–Crippen MR) is 66.2 cm³/mol. The van der Waals surface area contributed by atoms with E-state index in [0.717, 1.165) is 19.3 Å². The minimum absolute atomic E-state index is 0.175. The first-order valence-electron chi connectivity index (χ1n) is 6.73. The second-order valence-corrected chi connectivity index (χ2v) is 5.29. The van der Waals surface area contributed by atoms with Crippen LogP contribution in [0.3, 0.4) is 0 Å². The lowest BCUT2D eigenvalue weighted by Crippen LogP contribution is -2.56. The molecule has 2 nitrogen and oxygen atoms in total. The summed E-state index contributed by atoms with van der Waals surface area (Å²) >= 11 is 0. The zero-order chi connectivity index (χ0) is 11.4. The highest BCUT2D eigenvalue weighted by Gasteiger charge is 2.42. The summed E-state index contributed by atoms with van der Waals surface area (Å²) in [5.41, 5.74) is 0.175. The largest absolute Gasteiger partial charge is 0.333 e. The molecule has 2 bridgehead atoms. The second kappa shape index (κ2) is 5.03. The Labute approximate surface area is 98.7 Å². The van der Waals surface area contributed by atoms with Crippen LogP contribution in [0.4, 0.5) is 0 Å². The van der Waals surface area contributed by atoms with Crippen molar-refractivity contribution in [3.63, 3.8) is 0 Å². The summed E-state index contributed by atoms with van der Waals surface area (Å²) in [5.74, 6) is 0. The average Bonchev–Trinajstić information content (AvgIpc) is 2.28. The maximum atomic E-state index is 11.3. The first-order chi connectivity index (χ1) is 7.82. The van der Waals surface area contributed by atoms with Crippen molar-refractivity contribution in [2.45, 2.75) is 69.9 Å². The number of rotatable bonds is 5. The van der Waals surface area contributed by atoms with Crippen LogP contribution in [-0.2, 0) is 4.79 Å². The Bertz CT molecular complexity index is 274. The Kier molecular flexibility index (Phi) is 3.67. The maximum absolute atomic E-state index is 11.3. The number of unbranched alkanes of at least 4 members (excludes halogenated alkanes) is 2. The van der Waals surface area contributed by atoms with Crippen molar-refractivity contribution >= 4 is 6.41 Å². The van der Waals surface area contributed by atoms with Gasteiger partial charge < -0.3 is 4.90 Å². The molecular weight excluding hydrogens is 198 g/mol. The smallest absolute Gasteiger partial charge is 0.210 e. The fraction of sp³-hybridized carbons (Fsp3) is 0.786. The summed E-state index contributed by atoms with van der Waals surface area (Å²) in [4.78, 5) is 13.4. The highest BCUT2D eigenvalue weighted by Crippen LogP contribution is 2.41. The Morgan fingerprint density at radius 2 is 2.38 bits per heavy atom. The summed E-state index contributed by atoms with van der Waals surface area (Å²) in [6, 6.07) is 0.390. The molecule has 2 aliphatic rings. The Hall–Kier alpha value is -0.790. The van der Waals surface area contributed by atoms with E-state index in [9.17, 15) is 4.79 Å². The Morgan fingerprint density at radius 3 is 3.12 bits per heavy atom. The lowest BCUT2D eigenvalue weighted by molar-refractivity contribution is -0.130. The summed E-state index contributed by atoms with van der Waals surface area (Å²) in [6.07, 6.45) is 15.4. The molecule has 2 rings (SSSR count). The SMILES string of the molecule is CCCCC[C@]12CC=C[C@H](CCC1)N2C=O. The summed E-state index contributed by atoms with van der Waals surface area (Å²) in [7, 11) is 0. The van der Waals surface area contributed by atoms with Crippen LogP contribution in [0.5, 0.6) is 0 Å². The number of hydrogen-bond acceptors (Lipinski definition) is 1. The number of nitrogens with zero attached hydrogens (tertiary/aromatic N) is 1. The molecule has 2 heterocycles. The number of fused-ring (bicyclic) bond motifs is 2. The molecule has 1 amide bonds. The van der Waals surface area contributed by atoms with Gasteiger partial charge in [0, 0.05) is 5.54 Å². The molecule has 0 saturated carbocycles. The van der Waals surface area contributed by atoms with Gasteiger partial charge in [0.05, 0.1) is 6.04 Å². The van der Waals surface area contributed by atoms with Gasteiger partial charge in [-0.05, 0) is 32.1 Å². The molecule has 0 aromatic heterocycles. The van der Waals surface area contributed by atoms with Gasteiger partial charge >= 0.3 is 0 Å². The van der Waals surface area contributed by atoms with Crippen LogP contribution in [0.1, 0.15) is 58.3 Å². The van der Waals surface area contributed by atoms with Crippen LogP contribution in [-0.4, -0.2) is 22.9 Å². The second-order valence-electron chi connectivity index (χ2n) is 5.29. The van der Waals surface area contributed by atoms with Crippen LogP contribution in [0, 0.1) is 0 Å². The van der Waals surface area contributed by atoms with E-state index in [-0.39, 0.29) is 5.54 Å². The van der Waals surface area contributed by atoms with Gasteiger partial charge in [-0.2, -0.15) is 0 Å². The molecule has 0 spiro atoms. The third-order valence-electron chi connectivity index (χ3n) is 4.26. The van der Waals surface area contributed by atoms with Crippen molar-refractivity contribution < 1.29 is 4.79 Å². The number of hydrogen-bond donors (Lipinski definition) is 0. The zero-order valence-electron chi connectivity index (χ0n) is 10.3. The van der Waals surface area contributed by atoms with Crippen molar-refractivity contribution in [2.24, 2.45) is 0 Å². The van der Waals surface area contributed by atoms with Crippen molar-refractivity contribution in [3.05, 3.63) is 12.2 Å². The Morgan fingerprint density at radius 1 is 1.50 bits per heavy atom. The van der Waals surface area contributed by atoms with Gasteiger partial charge in [0.2, 0.25) is 6.41 Å². The first kappa shape index (κ1) is 11.7. The molecule has 2 aliphatic heterocycles. The predicted octanol–water partition coefficient (Wildman–Crippen LogP) is 3.28. The van der Waals surface area contributed by atoms with Gasteiger partial charge in [-0.15, -0.1) is 0 Å². The molecule has 1 saturated heterocycles. The van der Waals surface area contributed by atoms with Crippen LogP contribution in [0.25, 0.3) is 0 Å². The van der Waals surface area contributed by atoms with Crippen molar-refractivity contribution in [1.29, 1.82) is 0 Å². The molecular formula is C14H23NO. The highest BCUT2D eigenvalue weighted by molar-refractivity contribution is 5.52. The van der Waals surface area contributed by atoms with Crippen molar-refractivity contribution in [1.82, 2.24) is 4.90 Å². The van der Waals surface area contributed by atoms with Crippen LogP contribution >= 0.6 is 0 Å². The lowest BCUT2D eigenvalue weighted by Gasteiger charge is -2.51. The molecule has 16 heavy (non-hydrogen) atoms. The molecule has 0 aliphatic carbocycles. The fourth-order valence-electron chi connectivity index (χ4n) is 3.35. The van der Waals surface area contributed by atoms with Gasteiger partial charge in [-0.1, -0.05) is 38.3 Å². The van der Waals surface area contributed by atoms with E-state index in [0.29, 0.717) is 6.04 Å². The summed E-state index contributed by atoms with van der Waals surface area (Å²) in [6.45, 7) is 2.24. The summed E-state index contributed by atoms with van der Waals surface area (Å²) < 4.78 is 0. The van der Waals surface area contributed by atoms with E-state index in [2.05, 4.69) is 24.0 Å². The molecule has 2 heteroatoms. The number of amides is 1. The fourth-order valence-corrected chi connectivity index (χ4v) is 3.35. The molecule has 90 valence electrons. The molecule has 0 radical (unpaired) electrons. The third kappa shape index (κ3) is 2.02. The molecule has 1 fully saturated rings. The van der Waals surface area contributed by atoms with Gasteiger partial charge in [0.15, 0.2) is 0 Å². The highest BCUT2D eigenvalue weighted by atomic mass is 16.1. The average molecular weight is 221 g/mol. The minimum atomic E-state index is 0.175. The topological polar surface area (TPSA) is 20.3 Å². The van der Waals surface area contributed by atoms with Gasteiger partial charge in [0.25, 0.3) is 0 Å². The molecule has 0 unspecified atom stereocenters. The first-order valence-corrected chi connectivity index (χ1v) is 6.73. The van der Waals surface area contributed by atoms with Gasteiger partial charge in [0.1, 0.15) is 0 Å². The monoisotopic (exact) mass is 221 g/mol. The number of piperidine rings is 1. The maximum Gasteiger partial charge on any atom is 0.210 e. The lowest BCUT2D eigenvalue weighted by atomic mass is 9.75. The molecule has 0 N–H and O–H groups in total. The normalized spacial score (nSPS) is 32.8. The van der Waals surface area contributed by atoms with Crippen LogP contribution < -0.4 is 0 Å². The molecule has 0 aromatic rings. The van der Waals surface area contributed by atoms with Gasteiger partial charge in [-0.25, -0.2) is 0 Å². The molecule has 0 aromatic carbocycles. The standard InChI is InChI=1S/C14H23NO/c1-2-3-4-9-14-10-5-7-13(8-6-11-14)15(14)12-16/h5,7,12-13H,2-4,6,8-11H2,1H3/t13-,14+/m1/s1. The van der Waals surface area contributed by atoms with E-state index in [1.54, 1.807) is 0 Å².